The van der Waals surface area contributed by atoms with E-state index in [0.29, 0.717) is 10.6 Å². The van der Waals surface area contributed by atoms with Gasteiger partial charge in [-0.1, -0.05) is 30.7 Å². The molecule has 1 N–H and O–H groups in total. The van der Waals surface area contributed by atoms with Crippen molar-refractivity contribution >= 4 is 27.4 Å². The molecule has 7 heteroatoms. The third kappa shape index (κ3) is 1.98. The molecular formula is C13H12ClNO4S. The zero-order valence-corrected chi connectivity index (χ0v) is 12.1. The van der Waals surface area contributed by atoms with Gasteiger partial charge in [-0.05, 0) is 17.7 Å². The van der Waals surface area contributed by atoms with E-state index in [2.05, 4.69) is 0 Å². The molecule has 5 nitrogen and oxygen atoms in total. The van der Waals surface area contributed by atoms with Crippen LogP contribution < -0.4 is 0 Å². The number of carbonyl (C=O) groups is 1. The molecule has 0 bridgehead atoms. The molecule has 0 aliphatic heterocycles. The van der Waals surface area contributed by atoms with E-state index in [0.717, 1.165) is 0 Å². The number of nitriles is 1. The second kappa shape index (κ2) is 4.76. The zero-order chi connectivity index (χ0) is 15.1. The third-order valence-electron chi connectivity index (χ3n) is 3.67. The number of hydrogen-bond acceptors (Lipinski definition) is 4. The van der Waals surface area contributed by atoms with Crippen molar-refractivity contribution in [2.24, 2.45) is 5.41 Å². The maximum Gasteiger partial charge on any atom is 0.326 e. The van der Waals surface area contributed by atoms with Gasteiger partial charge in [0.05, 0.1) is 6.07 Å². The summed E-state index contributed by atoms with van der Waals surface area (Å²) in [5.74, 6) is -2.49. The van der Waals surface area contributed by atoms with Crippen LogP contribution in [0.25, 0.3) is 0 Å². The molecule has 0 spiro atoms. The molecule has 1 saturated carbocycles. The Hall–Kier alpha value is -1.58. The van der Waals surface area contributed by atoms with Gasteiger partial charge >= 0.3 is 5.97 Å². The van der Waals surface area contributed by atoms with E-state index in [1.54, 1.807) is 24.3 Å². The Labute approximate surface area is 121 Å². The van der Waals surface area contributed by atoms with E-state index in [4.69, 9.17) is 11.6 Å². The second-order valence-electron chi connectivity index (χ2n) is 4.69. The quantitative estimate of drug-likeness (QED) is 0.915. The Morgan fingerprint density at radius 1 is 1.55 bits per heavy atom. The summed E-state index contributed by atoms with van der Waals surface area (Å²) in [5.41, 5.74) is -1.46. The predicted molar refractivity (Wildman–Crippen MR) is 73.1 cm³/mol. The summed E-state index contributed by atoms with van der Waals surface area (Å²) in [5, 5.41) is 17.7. The summed E-state index contributed by atoms with van der Waals surface area (Å²) in [7, 11) is -3.65. The number of benzene rings is 1. The maximum absolute atomic E-state index is 12.1. The van der Waals surface area contributed by atoms with E-state index in [9.17, 15) is 23.6 Å². The van der Waals surface area contributed by atoms with Gasteiger partial charge in [-0.15, -0.1) is 0 Å². The average Bonchev–Trinajstić information content (AvgIpc) is 3.10. The first kappa shape index (κ1) is 14.8. The van der Waals surface area contributed by atoms with Crippen LogP contribution in [0.2, 0.25) is 5.02 Å². The number of sulfone groups is 1. The normalized spacial score (nSPS) is 28.6. The number of hydrogen-bond donors (Lipinski definition) is 1. The summed E-state index contributed by atoms with van der Waals surface area (Å²) >= 11 is 5.85. The van der Waals surface area contributed by atoms with Crippen molar-refractivity contribution in [3.8, 4) is 6.07 Å². The first-order chi connectivity index (χ1) is 9.31. The van der Waals surface area contributed by atoms with Crippen LogP contribution in [-0.2, 0) is 14.6 Å². The lowest BCUT2D eigenvalue weighted by Crippen LogP contribution is -2.23. The molecule has 1 aromatic rings. The van der Waals surface area contributed by atoms with Crippen molar-refractivity contribution in [1.82, 2.24) is 0 Å². The number of aliphatic carboxylic acids is 1. The van der Waals surface area contributed by atoms with Crippen LogP contribution in [0.15, 0.2) is 24.3 Å². The van der Waals surface area contributed by atoms with Crippen LogP contribution in [0, 0.1) is 16.7 Å². The molecule has 1 aromatic carbocycles. The second-order valence-corrected chi connectivity index (χ2v) is 7.54. The highest BCUT2D eigenvalue weighted by Gasteiger charge is 2.76. The van der Waals surface area contributed by atoms with Crippen LogP contribution in [0.5, 0.6) is 0 Å². The van der Waals surface area contributed by atoms with E-state index >= 15 is 0 Å². The fraction of sp³-hybridized carbons (Fsp3) is 0.385. The van der Waals surface area contributed by atoms with Gasteiger partial charge in [0.25, 0.3) is 0 Å². The lowest BCUT2D eigenvalue weighted by atomic mass is 10.0. The van der Waals surface area contributed by atoms with Crippen molar-refractivity contribution < 1.29 is 18.3 Å². The number of nitrogens with zero attached hydrogens (tertiary/aromatic N) is 1. The minimum Gasteiger partial charge on any atom is -0.480 e. The maximum atomic E-state index is 12.1. The lowest BCUT2D eigenvalue weighted by Gasteiger charge is -2.02. The molecule has 0 saturated heterocycles. The minimum absolute atomic E-state index is 0.203. The molecule has 1 aliphatic rings. The summed E-state index contributed by atoms with van der Waals surface area (Å²) in [6.45, 7) is 1.44. The summed E-state index contributed by atoms with van der Waals surface area (Å²) in [4.78, 5) is 11.4. The average molecular weight is 314 g/mol. The topological polar surface area (TPSA) is 95.2 Å². The van der Waals surface area contributed by atoms with Crippen molar-refractivity contribution in [3.63, 3.8) is 0 Å². The number of carboxylic acids is 1. The van der Waals surface area contributed by atoms with E-state index in [1.807, 2.05) is 0 Å². The molecule has 1 fully saturated rings. The Kier molecular flexibility index (Phi) is 3.53. The van der Waals surface area contributed by atoms with Crippen molar-refractivity contribution in [3.05, 3.63) is 34.9 Å². The van der Waals surface area contributed by atoms with Gasteiger partial charge < -0.3 is 5.11 Å². The van der Waals surface area contributed by atoms with Crippen LogP contribution in [0.4, 0.5) is 0 Å². The molecule has 3 atom stereocenters. The number of carboxylic acid groups (broad SMARTS) is 1. The number of rotatable bonds is 4. The predicted octanol–water partition coefficient (Wildman–Crippen LogP) is 1.84. The van der Waals surface area contributed by atoms with Gasteiger partial charge in [0.15, 0.2) is 15.3 Å². The highest BCUT2D eigenvalue weighted by atomic mass is 35.5. The first-order valence-electron chi connectivity index (χ1n) is 5.93. The SMILES string of the molecule is CCS(=O)(=O)[C@H]1[C@@H](c2cccc(Cl)c2)[C@@]1(C#N)C(=O)O. The van der Waals surface area contributed by atoms with Gasteiger partial charge in [-0.2, -0.15) is 5.26 Å². The largest absolute Gasteiger partial charge is 0.480 e. The molecule has 0 amide bonds. The van der Waals surface area contributed by atoms with Gasteiger partial charge in [-0.3, -0.25) is 4.79 Å². The fourth-order valence-electron chi connectivity index (χ4n) is 2.60. The van der Waals surface area contributed by atoms with Crippen LogP contribution >= 0.6 is 11.6 Å². The molecule has 2 rings (SSSR count). The number of halogens is 1. The molecule has 0 aromatic heterocycles. The Bertz CT molecular complexity index is 709. The molecule has 106 valence electrons. The summed E-state index contributed by atoms with van der Waals surface area (Å²) in [6, 6.07) is 8.00. The Morgan fingerprint density at radius 3 is 2.65 bits per heavy atom. The van der Waals surface area contributed by atoms with Gasteiger partial charge in [0, 0.05) is 16.7 Å². The summed E-state index contributed by atoms with van der Waals surface area (Å²) < 4.78 is 24.1. The Balaban J connectivity index is 2.58. The van der Waals surface area contributed by atoms with Crippen LogP contribution in [0.1, 0.15) is 18.4 Å². The lowest BCUT2D eigenvalue weighted by molar-refractivity contribution is -0.141. The molecule has 0 radical (unpaired) electrons. The van der Waals surface area contributed by atoms with Crippen LogP contribution in [-0.4, -0.2) is 30.5 Å². The fourth-order valence-corrected chi connectivity index (χ4v) is 4.73. The molecule has 0 heterocycles. The minimum atomic E-state index is -3.65. The summed E-state index contributed by atoms with van der Waals surface area (Å²) in [6.07, 6.45) is 0. The van der Waals surface area contributed by atoms with Crippen LogP contribution in [0.3, 0.4) is 0 Å². The zero-order valence-electron chi connectivity index (χ0n) is 10.6. The highest BCUT2D eigenvalue weighted by molar-refractivity contribution is 7.92. The van der Waals surface area contributed by atoms with Gasteiger partial charge in [-0.25, -0.2) is 8.42 Å². The monoisotopic (exact) mass is 313 g/mol. The molecule has 1 aliphatic carbocycles. The van der Waals surface area contributed by atoms with Crippen molar-refractivity contribution in [2.75, 3.05) is 5.75 Å². The smallest absolute Gasteiger partial charge is 0.326 e. The molecule has 20 heavy (non-hydrogen) atoms. The van der Waals surface area contributed by atoms with E-state index in [1.165, 1.54) is 13.0 Å². The highest BCUT2D eigenvalue weighted by Crippen LogP contribution is 2.63. The standard InChI is InChI=1S/C13H12ClNO4S/c1-2-20(18,19)11-10(13(11,7-15)12(16)17)8-4-3-5-9(14)6-8/h3-6,10-11H,2H2,1H3,(H,16,17)/t10-,11+,13-/m1/s1. The third-order valence-corrected chi connectivity index (χ3v) is 6.13. The van der Waals surface area contributed by atoms with Crippen molar-refractivity contribution in [1.29, 1.82) is 5.26 Å². The van der Waals surface area contributed by atoms with Gasteiger partial charge in [0.1, 0.15) is 5.25 Å². The van der Waals surface area contributed by atoms with E-state index in [-0.39, 0.29) is 5.75 Å². The molecular weight excluding hydrogens is 302 g/mol. The van der Waals surface area contributed by atoms with Gasteiger partial charge in [0.2, 0.25) is 0 Å². The van der Waals surface area contributed by atoms with E-state index < -0.39 is 32.4 Å². The first-order valence-corrected chi connectivity index (χ1v) is 8.02. The molecule has 0 unspecified atom stereocenters. The van der Waals surface area contributed by atoms with Crippen molar-refractivity contribution in [2.45, 2.75) is 18.1 Å². The Morgan fingerprint density at radius 2 is 2.20 bits per heavy atom.